The maximum atomic E-state index is 12.5. The molecule has 0 radical (unpaired) electrons. The van der Waals surface area contributed by atoms with Crippen LogP contribution in [0.15, 0.2) is 0 Å². The summed E-state index contributed by atoms with van der Waals surface area (Å²) in [5.74, 6) is -2.52. The van der Waals surface area contributed by atoms with Gasteiger partial charge in [0.05, 0.1) is 6.54 Å². The van der Waals surface area contributed by atoms with Gasteiger partial charge in [-0.25, -0.2) is 8.78 Å². The summed E-state index contributed by atoms with van der Waals surface area (Å²) in [6.45, 7) is 0.182. The van der Waals surface area contributed by atoms with E-state index in [4.69, 9.17) is 5.73 Å². The maximum Gasteiger partial charge on any atom is 0.262 e. The van der Waals surface area contributed by atoms with Gasteiger partial charge in [0.25, 0.3) is 5.92 Å². The zero-order chi connectivity index (χ0) is 7.78. The van der Waals surface area contributed by atoms with Crippen molar-refractivity contribution in [2.75, 3.05) is 20.1 Å². The normalized spacial score (nSPS) is 30.0. The minimum Gasteiger partial charge on any atom is -0.329 e. The molecule has 5 heteroatoms. The molecule has 0 aromatic heterocycles. The predicted molar refractivity (Wildman–Crippen MR) is 42.3 cm³/mol. The smallest absolute Gasteiger partial charge is 0.262 e. The third-order valence-electron chi connectivity index (χ3n) is 1.91. The van der Waals surface area contributed by atoms with E-state index in [0.29, 0.717) is 6.54 Å². The van der Waals surface area contributed by atoms with E-state index in [9.17, 15) is 8.78 Å². The van der Waals surface area contributed by atoms with Gasteiger partial charge < -0.3 is 5.73 Å². The van der Waals surface area contributed by atoms with Crippen molar-refractivity contribution in [1.82, 2.24) is 4.90 Å². The third-order valence-corrected chi connectivity index (χ3v) is 1.91. The van der Waals surface area contributed by atoms with Gasteiger partial charge in [-0.3, -0.25) is 4.90 Å². The highest BCUT2D eigenvalue weighted by Gasteiger charge is 2.42. The number of rotatable bonds is 1. The fourth-order valence-electron chi connectivity index (χ4n) is 1.32. The van der Waals surface area contributed by atoms with Gasteiger partial charge in [-0.15, -0.1) is 12.4 Å². The molecule has 68 valence electrons. The Morgan fingerprint density at radius 2 is 2.18 bits per heavy atom. The molecule has 0 spiro atoms. The molecule has 2 N–H and O–H groups in total. The molecule has 0 amide bonds. The summed E-state index contributed by atoms with van der Waals surface area (Å²) < 4.78 is 25.1. The Hall–Kier alpha value is 0.0700. The Balaban J connectivity index is 0.000001000. The van der Waals surface area contributed by atoms with E-state index in [1.54, 1.807) is 11.9 Å². The summed E-state index contributed by atoms with van der Waals surface area (Å²) in [4.78, 5) is 1.61. The van der Waals surface area contributed by atoms with E-state index in [-0.39, 0.29) is 31.4 Å². The number of halogens is 3. The van der Waals surface area contributed by atoms with Gasteiger partial charge in [-0.2, -0.15) is 0 Å². The molecule has 2 nitrogen and oxygen atoms in total. The van der Waals surface area contributed by atoms with Gasteiger partial charge in [-0.05, 0) is 7.05 Å². The van der Waals surface area contributed by atoms with Crippen molar-refractivity contribution in [2.45, 2.75) is 18.4 Å². The van der Waals surface area contributed by atoms with Crippen LogP contribution in [-0.2, 0) is 0 Å². The zero-order valence-electron chi connectivity index (χ0n) is 6.39. The molecule has 1 fully saturated rings. The van der Waals surface area contributed by atoms with Gasteiger partial charge in [0, 0.05) is 19.0 Å². The van der Waals surface area contributed by atoms with Gasteiger partial charge in [0.1, 0.15) is 0 Å². The van der Waals surface area contributed by atoms with Gasteiger partial charge in [-0.1, -0.05) is 0 Å². The molecule has 0 aliphatic carbocycles. The molecule has 0 saturated carbocycles. The Labute approximate surface area is 71.1 Å². The molecular weight excluding hydrogens is 174 g/mol. The van der Waals surface area contributed by atoms with Crippen LogP contribution in [0.2, 0.25) is 0 Å². The number of nitrogens with zero attached hydrogens (tertiary/aromatic N) is 1. The quantitative estimate of drug-likeness (QED) is 0.654. The summed E-state index contributed by atoms with van der Waals surface area (Å²) in [5.41, 5.74) is 5.27. The molecule has 0 aromatic rings. The standard InChI is InChI=1S/C6H12F2N2.ClH/c1-10-4-6(7,8)2-5(10)3-9;/h5H,2-4,9H2,1H3;1H. The lowest BCUT2D eigenvalue weighted by atomic mass is 10.2. The van der Waals surface area contributed by atoms with E-state index in [1.165, 1.54) is 0 Å². The van der Waals surface area contributed by atoms with E-state index in [0.717, 1.165) is 0 Å². The Morgan fingerprint density at radius 3 is 2.36 bits per heavy atom. The van der Waals surface area contributed by atoms with Crippen molar-refractivity contribution in [3.63, 3.8) is 0 Å². The average Bonchev–Trinajstić information content (AvgIpc) is 2.05. The predicted octanol–water partition coefficient (Wildman–Crippen LogP) is 0.706. The summed E-state index contributed by atoms with van der Waals surface area (Å²) in [7, 11) is 1.68. The minimum atomic E-state index is -2.52. The summed E-state index contributed by atoms with van der Waals surface area (Å²) in [5, 5.41) is 0. The largest absolute Gasteiger partial charge is 0.329 e. The second-order valence-electron chi connectivity index (χ2n) is 2.86. The van der Waals surface area contributed by atoms with Crippen molar-refractivity contribution < 1.29 is 8.78 Å². The number of nitrogens with two attached hydrogens (primary N) is 1. The monoisotopic (exact) mass is 186 g/mol. The lowest BCUT2D eigenvalue weighted by Crippen LogP contribution is -2.31. The number of hydrogen-bond donors (Lipinski definition) is 1. The summed E-state index contributed by atoms with van der Waals surface area (Å²) >= 11 is 0. The molecule has 0 aromatic carbocycles. The molecule has 0 bridgehead atoms. The maximum absolute atomic E-state index is 12.5. The molecule has 1 heterocycles. The molecule has 1 rings (SSSR count). The number of hydrogen-bond acceptors (Lipinski definition) is 2. The van der Waals surface area contributed by atoms with Crippen LogP contribution in [0.4, 0.5) is 8.78 Å². The van der Waals surface area contributed by atoms with Crippen molar-refractivity contribution in [3.8, 4) is 0 Å². The third kappa shape index (κ3) is 2.54. The fraction of sp³-hybridized carbons (Fsp3) is 1.00. The Bertz CT molecular complexity index is 132. The lowest BCUT2D eigenvalue weighted by molar-refractivity contribution is 0.0141. The lowest BCUT2D eigenvalue weighted by Gasteiger charge is -2.14. The second-order valence-corrected chi connectivity index (χ2v) is 2.86. The Morgan fingerprint density at radius 1 is 1.64 bits per heavy atom. The van der Waals surface area contributed by atoms with Gasteiger partial charge >= 0.3 is 0 Å². The molecule has 11 heavy (non-hydrogen) atoms. The first-order valence-electron chi connectivity index (χ1n) is 3.33. The van der Waals surface area contributed by atoms with Crippen LogP contribution in [0.25, 0.3) is 0 Å². The first-order valence-corrected chi connectivity index (χ1v) is 3.33. The molecular formula is C6H13ClF2N2. The molecule has 1 saturated heterocycles. The van der Waals surface area contributed by atoms with E-state index in [1.807, 2.05) is 0 Å². The zero-order valence-corrected chi connectivity index (χ0v) is 7.20. The van der Waals surface area contributed by atoms with E-state index < -0.39 is 5.92 Å². The van der Waals surface area contributed by atoms with Crippen LogP contribution in [0.5, 0.6) is 0 Å². The van der Waals surface area contributed by atoms with Crippen molar-refractivity contribution >= 4 is 12.4 Å². The average molecular weight is 187 g/mol. The second kappa shape index (κ2) is 3.65. The van der Waals surface area contributed by atoms with Gasteiger partial charge in [0.15, 0.2) is 0 Å². The number of likely N-dealkylation sites (N-methyl/N-ethyl adjacent to an activating group) is 1. The van der Waals surface area contributed by atoms with E-state index in [2.05, 4.69) is 0 Å². The topological polar surface area (TPSA) is 29.3 Å². The fourth-order valence-corrected chi connectivity index (χ4v) is 1.32. The van der Waals surface area contributed by atoms with Crippen LogP contribution in [0, 0.1) is 0 Å². The molecule has 1 aliphatic rings. The molecule has 1 atom stereocenters. The van der Waals surface area contributed by atoms with Crippen LogP contribution in [0.3, 0.4) is 0 Å². The van der Waals surface area contributed by atoms with Crippen LogP contribution >= 0.6 is 12.4 Å². The van der Waals surface area contributed by atoms with Crippen molar-refractivity contribution in [3.05, 3.63) is 0 Å². The summed E-state index contributed by atoms with van der Waals surface area (Å²) in [6.07, 6.45) is -0.0833. The molecule has 1 aliphatic heterocycles. The first kappa shape index (κ1) is 11.1. The van der Waals surface area contributed by atoms with Crippen molar-refractivity contribution in [1.29, 1.82) is 0 Å². The summed E-state index contributed by atoms with van der Waals surface area (Å²) in [6, 6.07) is -0.130. The van der Waals surface area contributed by atoms with E-state index >= 15 is 0 Å². The van der Waals surface area contributed by atoms with Crippen LogP contribution in [0.1, 0.15) is 6.42 Å². The highest BCUT2D eigenvalue weighted by atomic mass is 35.5. The number of alkyl halides is 2. The van der Waals surface area contributed by atoms with Crippen LogP contribution in [-0.4, -0.2) is 37.0 Å². The highest BCUT2D eigenvalue weighted by Crippen LogP contribution is 2.29. The van der Waals surface area contributed by atoms with Crippen LogP contribution < -0.4 is 5.73 Å². The minimum absolute atomic E-state index is 0. The van der Waals surface area contributed by atoms with Gasteiger partial charge in [0.2, 0.25) is 0 Å². The Kier molecular flexibility index (Phi) is 3.67. The van der Waals surface area contributed by atoms with Crippen molar-refractivity contribution in [2.24, 2.45) is 5.73 Å². The highest BCUT2D eigenvalue weighted by molar-refractivity contribution is 5.85. The SMILES string of the molecule is CN1CC(F)(F)CC1CN.Cl. The number of likely N-dealkylation sites (tertiary alicyclic amines) is 1. The molecule has 1 unspecified atom stereocenters. The first-order chi connectivity index (χ1) is 4.55.